The Kier molecular flexibility index (Phi) is 4.12. The maximum absolute atomic E-state index is 11.8. The third-order valence-corrected chi connectivity index (χ3v) is 3.31. The molecule has 0 saturated carbocycles. The molecule has 4 heteroatoms. The van der Waals surface area contributed by atoms with Crippen LogP contribution >= 0.6 is 0 Å². The van der Waals surface area contributed by atoms with E-state index in [1.165, 1.54) is 0 Å². The zero-order valence-electron chi connectivity index (χ0n) is 12.3. The standard InChI is InChI=1S/C16H20O4/c1-9(2)15(17)19-13-11-7-5-6-8-12(11)14(13)20-16(18)10(3)4/h5-10,13-14H,1-4H3/t13-,14+. The van der Waals surface area contributed by atoms with Crippen molar-refractivity contribution in [3.05, 3.63) is 35.4 Å². The summed E-state index contributed by atoms with van der Waals surface area (Å²) >= 11 is 0. The summed E-state index contributed by atoms with van der Waals surface area (Å²) in [6.45, 7) is 7.12. The van der Waals surface area contributed by atoms with Gasteiger partial charge in [-0.3, -0.25) is 9.59 Å². The van der Waals surface area contributed by atoms with Crippen molar-refractivity contribution in [2.24, 2.45) is 11.8 Å². The molecule has 2 rings (SSSR count). The van der Waals surface area contributed by atoms with Crippen LogP contribution in [-0.2, 0) is 19.1 Å². The average molecular weight is 276 g/mol. The number of ether oxygens (including phenoxy) is 2. The van der Waals surface area contributed by atoms with Crippen LogP contribution in [0, 0.1) is 11.8 Å². The van der Waals surface area contributed by atoms with Gasteiger partial charge in [0.25, 0.3) is 0 Å². The Balaban J connectivity index is 2.16. The minimum atomic E-state index is -0.483. The van der Waals surface area contributed by atoms with Crippen molar-refractivity contribution < 1.29 is 19.1 Å². The van der Waals surface area contributed by atoms with E-state index in [1.54, 1.807) is 27.7 Å². The maximum Gasteiger partial charge on any atom is 0.309 e. The van der Waals surface area contributed by atoms with Gasteiger partial charge in [-0.15, -0.1) is 0 Å². The normalized spacial score (nSPS) is 20.3. The van der Waals surface area contributed by atoms with Gasteiger partial charge in [0, 0.05) is 11.1 Å². The molecule has 1 aliphatic carbocycles. The number of esters is 2. The lowest BCUT2D eigenvalue weighted by Gasteiger charge is -2.38. The van der Waals surface area contributed by atoms with E-state index in [4.69, 9.17) is 9.47 Å². The lowest BCUT2D eigenvalue weighted by molar-refractivity contribution is -0.178. The zero-order chi connectivity index (χ0) is 14.9. The Morgan fingerprint density at radius 1 is 0.850 bits per heavy atom. The zero-order valence-corrected chi connectivity index (χ0v) is 12.3. The average Bonchev–Trinajstić information content (AvgIpc) is 2.41. The second kappa shape index (κ2) is 5.65. The first-order valence-corrected chi connectivity index (χ1v) is 6.91. The summed E-state index contributed by atoms with van der Waals surface area (Å²) in [4.78, 5) is 23.5. The van der Waals surface area contributed by atoms with Crippen LogP contribution in [0.2, 0.25) is 0 Å². The monoisotopic (exact) mass is 276 g/mol. The lowest BCUT2D eigenvalue weighted by atomic mass is 9.82. The minimum Gasteiger partial charge on any atom is -0.453 e. The fourth-order valence-corrected chi connectivity index (χ4v) is 2.03. The second-order valence-corrected chi connectivity index (χ2v) is 5.65. The summed E-state index contributed by atoms with van der Waals surface area (Å²) in [6, 6.07) is 7.56. The van der Waals surface area contributed by atoms with Crippen LogP contribution in [0.3, 0.4) is 0 Å². The van der Waals surface area contributed by atoms with Gasteiger partial charge in [-0.25, -0.2) is 0 Å². The molecule has 0 fully saturated rings. The van der Waals surface area contributed by atoms with Gasteiger partial charge >= 0.3 is 11.9 Å². The van der Waals surface area contributed by atoms with Crippen molar-refractivity contribution in [1.82, 2.24) is 0 Å². The highest BCUT2D eigenvalue weighted by Crippen LogP contribution is 2.48. The van der Waals surface area contributed by atoms with E-state index in [0.717, 1.165) is 11.1 Å². The number of carbonyl (C=O) groups excluding carboxylic acids is 2. The molecule has 1 aromatic rings. The highest BCUT2D eigenvalue weighted by molar-refractivity contribution is 5.74. The van der Waals surface area contributed by atoms with Crippen LogP contribution < -0.4 is 0 Å². The predicted octanol–water partition coefficient (Wildman–Crippen LogP) is 3.18. The smallest absolute Gasteiger partial charge is 0.309 e. The molecule has 4 nitrogen and oxygen atoms in total. The van der Waals surface area contributed by atoms with E-state index in [2.05, 4.69) is 0 Å². The molecule has 0 aromatic heterocycles. The first-order chi connectivity index (χ1) is 9.41. The highest BCUT2D eigenvalue weighted by atomic mass is 16.6. The molecule has 0 N–H and O–H groups in total. The first-order valence-electron chi connectivity index (χ1n) is 6.91. The third-order valence-electron chi connectivity index (χ3n) is 3.31. The van der Waals surface area contributed by atoms with Crippen LogP contribution in [-0.4, -0.2) is 11.9 Å². The van der Waals surface area contributed by atoms with Gasteiger partial charge in [0.1, 0.15) is 0 Å². The summed E-state index contributed by atoms with van der Waals surface area (Å²) < 4.78 is 10.9. The second-order valence-electron chi connectivity index (χ2n) is 5.65. The molecular formula is C16H20O4. The van der Waals surface area contributed by atoms with Crippen molar-refractivity contribution in [3.63, 3.8) is 0 Å². The lowest BCUT2D eigenvalue weighted by Crippen LogP contribution is -2.33. The van der Waals surface area contributed by atoms with Gasteiger partial charge in [0.15, 0.2) is 12.2 Å². The van der Waals surface area contributed by atoms with Crippen molar-refractivity contribution in [1.29, 1.82) is 0 Å². The number of benzene rings is 1. The van der Waals surface area contributed by atoms with Crippen molar-refractivity contribution in [2.45, 2.75) is 39.9 Å². The molecule has 1 aromatic carbocycles. The van der Waals surface area contributed by atoms with E-state index in [-0.39, 0.29) is 23.8 Å². The third kappa shape index (κ3) is 2.69. The van der Waals surface area contributed by atoms with Crippen LogP contribution in [0.5, 0.6) is 0 Å². The van der Waals surface area contributed by atoms with E-state index in [0.29, 0.717) is 0 Å². The van der Waals surface area contributed by atoms with Gasteiger partial charge in [-0.05, 0) is 0 Å². The summed E-state index contributed by atoms with van der Waals surface area (Å²) in [6.07, 6.45) is -0.965. The van der Waals surface area contributed by atoms with Crippen molar-refractivity contribution in [3.8, 4) is 0 Å². The first kappa shape index (κ1) is 14.6. The SMILES string of the molecule is CC(C)C(=O)O[C@@H]1c2ccccc2[C@@H]1OC(=O)C(C)C. The molecule has 0 radical (unpaired) electrons. The Morgan fingerprint density at radius 2 is 1.20 bits per heavy atom. The molecule has 0 unspecified atom stereocenters. The molecule has 1 aliphatic rings. The molecule has 0 bridgehead atoms. The van der Waals surface area contributed by atoms with Gasteiger partial charge in [0.2, 0.25) is 0 Å². The fraction of sp³-hybridized carbons (Fsp3) is 0.500. The Hall–Kier alpha value is -1.84. The summed E-state index contributed by atoms with van der Waals surface area (Å²) in [5.74, 6) is -0.973. The van der Waals surface area contributed by atoms with Crippen LogP contribution in [0.15, 0.2) is 24.3 Å². The van der Waals surface area contributed by atoms with Crippen LogP contribution in [0.1, 0.15) is 51.0 Å². The largest absolute Gasteiger partial charge is 0.453 e. The van der Waals surface area contributed by atoms with E-state index < -0.39 is 12.2 Å². The van der Waals surface area contributed by atoms with Gasteiger partial charge in [-0.2, -0.15) is 0 Å². The molecule has 0 amide bonds. The maximum atomic E-state index is 11.8. The molecule has 0 heterocycles. The quantitative estimate of drug-likeness (QED) is 0.792. The molecule has 2 atom stereocenters. The van der Waals surface area contributed by atoms with E-state index in [9.17, 15) is 9.59 Å². The fourth-order valence-electron chi connectivity index (χ4n) is 2.03. The highest BCUT2D eigenvalue weighted by Gasteiger charge is 2.43. The number of hydrogen-bond donors (Lipinski definition) is 0. The molecular weight excluding hydrogens is 256 g/mol. The van der Waals surface area contributed by atoms with E-state index >= 15 is 0 Å². The molecule has 0 aliphatic heterocycles. The molecule has 20 heavy (non-hydrogen) atoms. The van der Waals surface area contributed by atoms with Crippen LogP contribution in [0.4, 0.5) is 0 Å². The summed E-state index contributed by atoms with van der Waals surface area (Å²) in [7, 11) is 0. The Labute approximate surface area is 119 Å². The van der Waals surface area contributed by atoms with E-state index in [1.807, 2.05) is 24.3 Å². The Morgan fingerprint density at radius 3 is 1.50 bits per heavy atom. The summed E-state index contributed by atoms with van der Waals surface area (Å²) in [5.41, 5.74) is 1.84. The minimum absolute atomic E-state index is 0.204. The number of hydrogen-bond acceptors (Lipinski definition) is 4. The molecule has 0 saturated heterocycles. The number of carbonyl (C=O) groups is 2. The van der Waals surface area contributed by atoms with Crippen molar-refractivity contribution in [2.75, 3.05) is 0 Å². The topological polar surface area (TPSA) is 52.6 Å². The van der Waals surface area contributed by atoms with Crippen molar-refractivity contribution >= 4 is 11.9 Å². The van der Waals surface area contributed by atoms with Crippen LogP contribution in [0.25, 0.3) is 0 Å². The van der Waals surface area contributed by atoms with Gasteiger partial charge < -0.3 is 9.47 Å². The Bertz CT molecular complexity index is 472. The predicted molar refractivity (Wildman–Crippen MR) is 73.8 cm³/mol. The van der Waals surface area contributed by atoms with Gasteiger partial charge in [-0.1, -0.05) is 52.0 Å². The summed E-state index contributed by atoms with van der Waals surface area (Å²) in [5, 5.41) is 0. The van der Waals surface area contributed by atoms with Gasteiger partial charge in [0.05, 0.1) is 11.8 Å². The number of fused-ring (bicyclic) bond motifs is 1. The molecule has 108 valence electrons. The molecule has 0 spiro atoms. The number of rotatable bonds is 4.